The van der Waals surface area contributed by atoms with Crippen molar-refractivity contribution in [3.63, 3.8) is 0 Å². The lowest BCUT2D eigenvalue weighted by atomic mass is 9.79. The maximum absolute atomic E-state index is 11.6. The van der Waals surface area contributed by atoms with Crippen LogP contribution in [0.25, 0.3) is 0 Å². The second kappa shape index (κ2) is 17.9. The van der Waals surface area contributed by atoms with Crippen LogP contribution in [0, 0.1) is 0 Å². The van der Waals surface area contributed by atoms with Crippen LogP contribution in [0.4, 0.5) is 0 Å². The van der Waals surface area contributed by atoms with Crippen molar-refractivity contribution in [2.75, 3.05) is 12.4 Å². The Morgan fingerprint density at radius 1 is 0.596 bits per heavy atom. The van der Waals surface area contributed by atoms with Gasteiger partial charge in [-0.2, -0.15) is 11.8 Å². The number of rotatable bonds is 16. The van der Waals surface area contributed by atoms with Gasteiger partial charge in [-0.3, -0.25) is 0 Å². The molecule has 3 N–H and O–H groups in total. The molecule has 0 heterocycles. The average molecular weight is 735 g/mol. The zero-order valence-electron chi connectivity index (χ0n) is 34.8. The molecule has 0 aliphatic carbocycles. The molecule has 52 heavy (non-hydrogen) atoms. The molecule has 0 fully saturated rings. The van der Waals surface area contributed by atoms with E-state index in [4.69, 9.17) is 9.47 Å². The normalized spacial score (nSPS) is 13.3. The number of hydrogen-bond acceptors (Lipinski definition) is 6. The predicted octanol–water partition coefficient (Wildman–Crippen LogP) is 13.3. The van der Waals surface area contributed by atoms with Gasteiger partial charge in [-0.15, -0.1) is 0 Å². The van der Waals surface area contributed by atoms with Crippen LogP contribution in [0.15, 0.2) is 42.5 Å². The molecular formula is C46H70O5S. The second-order valence-electron chi connectivity index (χ2n) is 18.7. The van der Waals surface area contributed by atoms with Crippen LogP contribution in [0.1, 0.15) is 163 Å². The van der Waals surface area contributed by atoms with E-state index in [2.05, 4.69) is 90.0 Å². The number of thioether (sulfide) groups is 1. The van der Waals surface area contributed by atoms with E-state index in [0.717, 1.165) is 45.7 Å². The quantitative estimate of drug-likeness (QED) is 0.127. The zero-order chi connectivity index (χ0) is 39.1. The molecule has 5 nitrogen and oxygen atoms in total. The molecule has 1 unspecified atom stereocenters. The van der Waals surface area contributed by atoms with Crippen LogP contribution in [0.2, 0.25) is 0 Å². The minimum atomic E-state index is -0.293. The Kier molecular flexibility index (Phi) is 14.9. The van der Waals surface area contributed by atoms with E-state index < -0.39 is 0 Å². The predicted molar refractivity (Wildman–Crippen MR) is 223 cm³/mol. The largest absolute Gasteiger partial charge is 0.507 e. The number of phenolic OH excluding ortho intramolecular Hbond substituents is 3. The van der Waals surface area contributed by atoms with Gasteiger partial charge in [0.05, 0.1) is 6.61 Å². The molecule has 3 aromatic rings. The first-order chi connectivity index (χ1) is 24.0. The zero-order valence-corrected chi connectivity index (χ0v) is 35.6. The van der Waals surface area contributed by atoms with E-state index in [0.29, 0.717) is 36.0 Å². The summed E-state index contributed by atoms with van der Waals surface area (Å²) in [5, 5.41) is 34.3. The van der Waals surface area contributed by atoms with Crippen molar-refractivity contribution in [3.8, 4) is 34.5 Å². The first-order valence-electron chi connectivity index (χ1n) is 19.5. The maximum atomic E-state index is 11.6. The van der Waals surface area contributed by atoms with Gasteiger partial charge >= 0.3 is 0 Å². The molecule has 0 saturated heterocycles. The van der Waals surface area contributed by atoms with Gasteiger partial charge in [0.25, 0.3) is 0 Å². The SMILES string of the molecule is CCCCCCCCSC(CCOc1cc(C(C)(C)C)c(O)c(C(C)(C)C)c1)Cc1cccc(Oc2cc(C(C)(C)C)c(O)c(C(C)(C)C)c2)c1O. The highest BCUT2D eigenvalue weighted by Gasteiger charge is 2.29. The highest BCUT2D eigenvalue weighted by Crippen LogP contribution is 2.45. The van der Waals surface area contributed by atoms with Gasteiger partial charge in [0.1, 0.15) is 23.0 Å². The number of aromatic hydroxyl groups is 3. The van der Waals surface area contributed by atoms with Crippen LogP contribution in [-0.2, 0) is 28.1 Å². The van der Waals surface area contributed by atoms with Gasteiger partial charge in [0.2, 0.25) is 0 Å². The second-order valence-corrected chi connectivity index (χ2v) is 20.1. The Morgan fingerprint density at radius 3 is 1.54 bits per heavy atom. The van der Waals surface area contributed by atoms with E-state index in [1.807, 2.05) is 54.2 Å². The molecule has 0 radical (unpaired) electrons. The summed E-state index contributed by atoms with van der Waals surface area (Å²) in [6, 6.07) is 13.5. The number of benzene rings is 3. The molecule has 0 amide bonds. The lowest BCUT2D eigenvalue weighted by Crippen LogP contribution is -2.18. The summed E-state index contributed by atoms with van der Waals surface area (Å²) in [5.41, 5.74) is 3.21. The van der Waals surface area contributed by atoms with Crippen molar-refractivity contribution < 1.29 is 24.8 Å². The summed E-state index contributed by atoms with van der Waals surface area (Å²) in [5.74, 6) is 3.66. The first-order valence-corrected chi connectivity index (χ1v) is 20.6. The number of ether oxygens (including phenoxy) is 2. The lowest BCUT2D eigenvalue weighted by molar-refractivity contribution is 0.305. The van der Waals surface area contributed by atoms with Crippen LogP contribution >= 0.6 is 11.8 Å². The Bertz CT molecular complexity index is 1530. The Balaban J connectivity index is 1.87. The molecule has 0 aliphatic rings. The van der Waals surface area contributed by atoms with Crippen LogP contribution < -0.4 is 9.47 Å². The Morgan fingerprint density at radius 2 is 1.06 bits per heavy atom. The van der Waals surface area contributed by atoms with E-state index in [1.54, 1.807) is 0 Å². The average Bonchev–Trinajstić information content (AvgIpc) is 3.01. The van der Waals surface area contributed by atoms with Gasteiger partial charge in [-0.05, 0) is 82.6 Å². The van der Waals surface area contributed by atoms with E-state index in [9.17, 15) is 15.3 Å². The molecule has 0 spiro atoms. The van der Waals surface area contributed by atoms with Crippen molar-refractivity contribution in [1.29, 1.82) is 0 Å². The molecule has 290 valence electrons. The van der Waals surface area contributed by atoms with Crippen LogP contribution in [0.3, 0.4) is 0 Å². The summed E-state index contributed by atoms with van der Waals surface area (Å²) in [6.45, 7) is 28.0. The smallest absolute Gasteiger partial charge is 0.169 e. The van der Waals surface area contributed by atoms with Crippen molar-refractivity contribution >= 4 is 11.8 Å². The summed E-state index contributed by atoms with van der Waals surface area (Å²) in [4.78, 5) is 0. The third-order valence-corrected chi connectivity index (χ3v) is 11.1. The monoisotopic (exact) mass is 734 g/mol. The van der Waals surface area contributed by atoms with Crippen molar-refractivity contribution in [1.82, 2.24) is 0 Å². The van der Waals surface area contributed by atoms with Gasteiger partial charge < -0.3 is 24.8 Å². The molecular weight excluding hydrogens is 665 g/mol. The molecule has 3 rings (SSSR count). The maximum Gasteiger partial charge on any atom is 0.169 e. The topological polar surface area (TPSA) is 79.2 Å². The van der Waals surface area contributed by atoms with Gasteiger partial charge in [0.15, 0.2) is 11.5 Å². The number of para-hydroxylation sites is 1. The van der Waals surface area contributed by atoms with Crippen molar-refractivity contribution in [2.24, 2.45) is 0 Å². The molecule has 1 atom stereocenters. The van der Waals surface area contributed by atoms with E-state index in [-0.39, 0.29) is 32.7 Å². The summed E-state index contributed by atoms with van der Waals surface area (Å²) >= 11 is 1.96. The standard InChI is InChI=1S/C46H70O5S/c1-14-15-16-17-18-19-25-52-34(23-24-50-32-27-35(43(2,3)4)41(48)36(28-32)44(5,6)7)26-31-21-20-22-39(40(31)47)51-33-29-37(45(8,9)10)42(49)38(30-33)46(11,12)13/h20-22,27-30,34,47-49H,14-19,23-26H2,1-13H3. The fraction of sp³-hybridized carbons (Fsp3) is 0.609. The minimum absolute atomic E-state index is 0.152. The first kappa shape index (κ1) is 43.4. The van der Waals surface area contributed by atoms with Gasteiger partial charge in [-0.1, -0.05) is 134 Å². The summed E-state index contributed by atoms with van der Waals surface area (Å²) < 4.78 is 12.9. The highest BCUT2D eigenvalue weighted by atomic mass is 32.2. The number of hydrogen-bond donors (Lipinski definition) is 3. The number of phenols is 3. The third kappa shape index (κ3) is 12.3. The lowest BCUT2D eigenvalue weighted by Gasteiger charge is -2.28. The molecule has 0 saturated carbocycles. The van der Waals surface area contributed by atoms with Crippen molar-refractivity contribution in [2.45, 2.75) is 168 Å². The molecule has 3 aromatic carbocycles. The summed E-state index contributed by atoms with van der Waals surface area (Å²) in [7, 11) is 0. The van der Waals surface area contributed by atoms with Crippen LogP contribution in [0.5, 0.6) is 34.5 Å². The number of unbranched alkanes of at least 4 members (excludes halogenated alkanes) is 5. The third-order valence-electron chi connectivity index (χ3n) is 9.72. The van der Waals surface area contributed by atoms with E-state index >= 15 is 0 Å². The highest BCUT2D eigenvalue weighted by molar-refractivity contribution is 7.99. The van der Waals surface area contributed by atoms with Crippen LogP contribution in [-0.4, -0.2) is 32.9 Å². The molecule has 6 heteroatoms. The van der Waals surface area contributed by atoms with Crippen molar-refractivity contribution in [3.05, 3.63) is 70.3 Å². The molecule has 0 aliphatic heterocycles. The van der Waals surface area contributed by atoms with Gasteiger partial charge in [0, 0.05) is 27.5 Å². The minimum Gasteiger partial charge on any atom is -0.507 e. The molecule has 0 aromatic heterocycles. The fourth-order valence-corrected chi connectivity index (χ4v) is 7.78. The van der Waals surface area contributed by atoms with Gasteiger partial charge in [-0.25, -0.2) is 0 Å². The molecule has 0 bridgehead atoms. The Hall–Kier alpha value is -2.99. The summed E-state index contributed by atoms with van der Waals surface area (Å²) in [6.07, 6.45) is 9.03. The van der Waals surface area contributed by atoms with E-state index in [1.165, 1.54) is 38.5 Å². The fourth-order valence-electron chi connectivity index (χ4n) is 6.52. The Labute approximate surface area is 320 Å².